The van der Waals surface area contributed by atoms with Gasteiger partial charge in [0, 0.05) is 19.1 Å². The van der Waals surface area contributed by atoms with Crippen molar-refractivity contribution in [1.82, 2.24) is 10.3 Å². The first-order valence-corrected chi connectivity index (χ1v) is 7.92. The SMILES string of the molecule is O=C(NC1CCCCC1)c1ccc(N2CCOCC2)cn1. The lowest BCUT2D eigenvalue weighted by molar-refractivity contribution is 0.0922. The largest absolute Gasteiger partial charge is 0.378 e. The molecule has 1 saturated heterocycles. The van der Waals surface area contributed by atoms with Crippen LogP contribution in [0.1, 0.15) is 42.6 Å². The van der Waals surface area contributed by atoms with E-state index in [1.807, 2.05) is 12.1 Å². The molecule has 0 bridgehead atoms. The third-order valence-electron chi connectivity index (χ3n) is 4.30. The number of aromatic nitrogens is 1. The van der Waals surface area contributed by atoms with E-state index in [-0.39, 0.29) is 5.91 Å². The highest BCUT2D eigenvalue weighted by atomic mass is 16.5. The number of hydrogen-bond donors (Lipinski definition) is 1. The Hall–Kier alpha value is -1.62. The zero-order valence-corrected chi connectivity index (χ0v) is 12.4. The lowest BCUT2D eigenvalue weighted by Crippen LogP contribution is -2.37. The van der Waals surface area contributed by atoms with Crippen LogP contribution in [-0.2, 0) is 4.74 Å². The van der Waals surface area contributed by atoms with E-state index >= 15 is 0 Å². The van der Waals surface area contributed by atoms with Gasteiger partial charge in [-0.05, 0) is 25.0 Å². The Morgan fingerprint density at radius 3 is 2.62 bits per heavy atom. The molecule has 1 aliphatic carbocycles. The van der Waals surface area contributed by atoms with Crippen LogP contribution < -0.4 is 10.2 Å². The predicted octanol–water partition coefficient (Wildman–Crippen LogP) is 1.98. The smallest absolute Gasteiger partial charge is 0.270 e. The highest BCUT2D eigenvalue weighted by molar-refractivity contribution is 5.92. The van der Waals surface area contributed by atoms with Gasteiger partial charge in [-0.2, -0.15) is 0 Å². The Morgan fingerprint density at radius 2 is 1.95 bits per heavy atom. The van der Waals surface area contributed by atoms with Crippen molar-refractivity contribution in [2.24, 2.45) is 0 Å². The predicted molar refractivity (Wildman–Crippen MR) is 81.6 cm³/mol. The van der Waals surface area contributed by atoms with Gasteiger partial charge in [-0.3, -0.25) is 4.79 Å². The summed E-state index contributed by atoms with van der Waals surface area (Å²) in [7, 11) is 0. The number of nitrogens with zero attached hydrogens (tertiary/aromatic N) is 2. The molecule has 1 aromatic rings. The molecule has 5 heteroatoms. The molecule has 2 fully saturated rings. The van der Waals surface area contributed by atoms with Crippen LogP contribution in [0, 0.1) is 0 Å². The molecule has 1 amide bonds. The van der Waals surface area contributed by atoms with Crippen molar-refractivity contribution >= 4 is 11.6 Å². The van der Waals surface area contributed by atoms with Gasteiger partial charge >= 0.3 is 0 Å². The molecule has 21 heavy (non-hydrogen) atoms. The zero-order chi connectivity index (χ0) is 14.5. The highest BCUT2D eigenvalue weighted by Crippen LogP contribution is 2.18. The molecule has 1 saturated carbocycles. The summed E-state index contributed by atoms with van der Waals surface area (Å²) in [5.41, 5.74) is 1.57. The van der Waals surface area contributed by atoms with Gasteiger partial charge < -0.3 is 15.0 Å². The van der Waals surface area contributed by atoms with Crippen molar-refractivity contribution in [3.63, 3.8) is 0 Å². The van der Waals surface area contributed by atoms with Gasteiger partial charge in [-0.1, -0.05) is 19.3 Å². The summed E-state index contributed by atoms with van der Waals surface area (Å²) < 4.78 is 5.34. The number of pyridine rings is 1. The standard InChI is InChI=1S/C16H23N3O2/c20-16(18-13-4-2-1-3-5-13)15-7-6-14(12-17-15)19-8-10-21-11-9-19/h6-7,12-13H,1-5,8-11H2,(H,18,20). The van der Waals surface area contributed by atoms with Crippen molar-refractivity contribution in [2.75, 3.05) is 31.2 Å². The maximum Gasteiger partial charge on any atom is 0.270 e. The third kappa shape index (κ3) is 3.73. The fraction of sp³-hybridized carbons (Fsp3) is 0.625. The summed E-state index contributed by atoms with van der Waals surface area (Å²) in [6.45, 7) is 3.28. The molecule has 0 radical (unpaired) electrons. The van der Waals surface area contributed by atoms with Crippen molar-refractivity contribution in [3.05, 3.63) is 24.0 Å². The Kier molecular flexibility index (Phi) is 4.70. The average Bonchev–Trinajstić information content (AvgIpc) is 2.57. The monoisotopic (exact) mass is 289 g/mol. The first-order chi connectivity index (χ1) is 10.3. The van der Waals surface area contributed by atoms with Gasteiger partial charge in [-0.15, -0.1) is 0 Å². The molecule has 0 aromatic carbocycles. The molecule has 0 unspecified atom stereocenters. The Labute approximate surface area is 125 Å². The van der Waals surface area contributed by atoms with Crippen molar-refractivity contribution < 1.29 is 9.53 Å². The molecule has 114 valence electrons. The van der Waals surface area contributed by atoms with Crippen LogP contribution >= 0.6 is 0 Å². The minimum absolute atomic E-state index is 0.0459. The molecule has 5 nitrogen and oxygen atoms in total. The summed E-state index contributed by atoms with van der Waals surface area (Å²) in [5, 5.41) is 3.10. The van der Waals surface area contributed by atoms with Crippen molar-refractivity contribution in [1.29, 1.82) is 0 Å². The number of nitrogens with one attached hydrogen (secondary N) is 1. The second-order valence-electron chi connectivity index (χ2n) is 5.81. The van der Waals surface area contributed by atoms with E-state index in [0.29, 0.717) is 11.7 Å². The normalized spacial score (nSPS) is 20.3. The molecule has 3 rings (SSSR count). The first-order valence-electron chi connectivity index (χ1n) is 7.92. The van der Waals surface area contributed by atoms with E-state index in [1.165, 1.54) is 19.3 Å². The summed E-state index contributed by atoms with van der Waals surface area (Å²) in [4.78, 5) is 18.8. The Bertz CT molecular complexity index is 463. The second kappa shape index (κ2) is 6.89. The minimum atomic E-state index is -0.0459. The molecule has 2 heterocycles. The quantitative estimate of drug-likeness (QED) is 0.924. The number of carbonyl (C=O) groups excluding carboxylic acids is 1. The molecule has 2 aliphatic rings. The Balaban J connectivity index is 1.58. The van der Waals surface area contributed by atoms with E-state index in [1.54, 1.807) is 6.20 Å². The molecular weight excluding hydrogens is 266 g/mol. The number of hydrogen-bond acceptors (Lipinski definition) is 4. The van der Waals surface area contributed by atoms with Crippen LogP contribution in [0.4, 0.5) is 5.69 Å². The van der Waals surface area contributed by atoms with Crippen molar-refractivity contribution in [3.8, 4) is 0 Å². The number of anilines is 1. The Morgan fingerprint density at radius 1 is 1.19 bits per heavy atom. The third-order valence-corrected chi connectivity index (χ3v) is 4.30. The summed E-state index contributed by atoms with van der Waals surface area (Å²) in [5.74, 6) is -0.0459. The number of carbonyl (C=O) groups is 1. The number of amides is 1. The summed E-state index contributed by atoms with van der Waals surface area (Å²) in [6, 6.07) is 4.13. The molecule has 1 aromatic heterocycles. The summed E-state index contributed by atoms with van der Waals surface area (Å²) in [6.07, 6.45) is 7.71. The second-order valence-corrected chi connectivity index (χ2v) is 5.81. The molecule has 0 atom stereocenters. The maximum atomic E-state index is 12.2. The van der Waals surface area contributed by atoms with E-state index in [4.69, 9.17) is 4.74 Å². The van der Waals surface area contributed by atoms with Gasteiger partial charge in [0.25, 0.3) is 5.91 Å². The van der Waals surface area contributed by atoms with Crippen LogP contribution in [0.2, 0.25) is 0 Å². The lowest BCUT2D eigenvalue weighted by Gasteiger charge is -2.28. The van der Waals surface area contributed by atoms with Crippen molar-refractivity contribution in [2.45, 2.75) is 38.1 Å². The zero-order valence-electron chi connectivity index (χ0n) is 12.4. The van der Waals surface area contributed by atoms with Gasteiger partial charge in [0.2, 0.25) is 0 Å². The van der Waals surface area contributed by atoms with E-state index in [0.717, 1.165) is 44.8 Å². The average molecular weight is 289 g/mol. The molecule has 1 aliphatic heterocycles. The van der Waals surface area contributed by atoms with Crippen LogP contribution in [0.25, 0.3) is 0 Å². The highest BCUT2D eigenvalue weighted by Gasteiger charge is 2.18. The van der Waals surface area contributed by atoms with Gasteiger partial charge in [-0.25, -0.2) is 4.98 Å². The summed E-state index contributed by atoms with van der Waals surface area (Å²) >= 11 is 0. The van der Waals surface area contributed by atoms with Crippen LogP contribution in [0.3, 0.4) is 0 Å². The van der Waals surface area contributed by atoms with Gasteiger partial charge in [0.15, 0.2) is 0 Å². The molecule has 1 N–H and O–H groups in total. The first kappa shape index (κ1) is 14.3. The van der Waals surface area contributed by atoms with Gasteiger partial charge in [0.05, 0.1) is 25.1 Å². The number of rotatable bonds is 3. The number of morpholine rings is 1. The van der Waals surface area contributed by atoms with E-state index < -0.39 is 0 Å². The van der Waals surface area contributed by atoms with E-state index in [9.17, 15) is 4.79 Å². The minimum Gasteiger partial charge on any atom is -0.378 e. The maximum absolute atomic E-state index is 12.2. The lowest BCUT2D eigenvalue weighted by atomic mass is 9.95. The fourth-order valence-corrected chi connectivity index (χ4v) is 3.04. The fourth-order valence-electron chi connectivity index (χ4n) is 3.04. The molecular formula is C16H23N3O2. The molecule has 0 spiro atoms. The van der Waals surface area contributed by atoms with Crippen LogP contribution in [0.15, 0.2) is 18.3 Å². The van der Waals surface area contributed by atoms with E-state index in [2.05, 4.69) is 15.2 Å². The van der Waals surface area contributed by atoms with Crippen LogP contribution in [-0.4, -0.2) is 43.2 Å². The van der Waals surface area contributed by atoms with Crippen LogP contribution in [0.5, 0.6) is 0 Å². The topological polar surface area (TPSA) is 54.5 Å². The number of ether oxygens (including phenoxy) is 1. The van der Waals surface area contributed by atoms with Gasteiger partial charge in [0.1, 0.15) is 5.69 Å².